The van der Waals surface area contributed by atoms with E-state index in [0.717, 1.165) is 0 Å². The molecule has 0 radical (unpaired) electrons. The van der Waals surface area contributed by atoms with Crippen LogP contribution in [0.25, 0.3) is 0 Å². The van der Waals surface area contributed by atoms with E-state index in [0.29, 0.717) is 24.3 Å². The fourth-order valence-corrected chi connectivity index (χ4v) is 1.49. The standard InChI is InChI=1S/C13H19N3O2.ClH/c1-10(17)16(3)12-7-5-4-6-11(12)15-13(18)8-9-14-2;/h4-7,14H,8-9H2,1-3H3,(H,15,18);1H. The second-order valence-corrected chi connectivity index (χ2v) is 4.00. The maximum absolute atomic E-state index is 11.7. The molecule has 0 fully saturated rings. The minimum absolute atomic E-state index is 0. The molecule has 19 heavy (non-hydrogen) atoms. The van der Waals surface area contributed by atoms with Gasteiger partial charge in [-0.1, -0.05) is 12.1 Å². The lowest BCUT2D eigenvalue weighted by Gasteiger charge is -2.19. The molecule has 2 N–H and O–H groups in total. The zero-order valence-corrected chi connectivity index (χ0v) is 12.2. The van der Waals surface area contributed by atoms with Crippen molar-refractivity contribution in [3.05, 3.63) is 24.3 Å². The fourth-order valence-electron chi connectivity index (χ4n) is 1.49. The van der Waals surface area contributed by atoms with Gasteiger partial charge in [-0.15, -0.1) is 12.4 Å². The lowest BCUT2D eigenvalue weighted by Crippen LogP contribution is -2.25. The number of hydrogen-bond donors (Lipinski definition) is 2. The highest BCUT2D eigenvalue weighted by Crippen LogP contribution is 2.24. The summed E-state index contributed by atoms with van der Waals surface area (Å²) in [6.07, 6.45) is 0.397. The number of carbonyl (C=O) groups excluding carboxylic acids is 2. The molecule has 106 valence electrons. The van der Waals surface area contributed by atoms with Crippen molar-refractivity contribution in [3.8, 4) is 0 Å². The van der Waals surface area contributed by atoms with Crippen LogP contribution in [0, 0.1) is 0 Å². The molecule has 6 heteroatoms. The average Bonchev–Trinajstić information content (AvgIpc) is 2.36. The van der Waals surface area contributed by atoms with Crippen molar-refractivity contribution in [2.45, 2.75) is 13.3 Å². The Balaban J connectivity index is 0.00000324. The summed E-state index contributed by atoms with van der Waals surface area (Å²) >= 11 is 0. The minimum atomic E-state index is -0.0769. The number of anilines is 2. The molecule has 0 atom stereocenters. The number of rotatable bonds is 5. The number of nitrogens with zero attached hydrogens (tertiary/aromatic N) is 1. The van der Waals surface area contributed by atoms with Gasteiger partial charge in [-0.2, -0.15) is 0 Å². The van der Waals surface area contributed by atoms with E-state index in [1.165, 1.54) is 11.8 Å². The fraction of sp³-hybridized carbons (Fsp3) is 0.385. The molecule has 1 aromatic rings. The largest absolute Gasteiger partial charge is 0.324 e. The van der Waals surface area contributed by atoms with Gasteiger partial charge < -0.3 is 15.5 Å². The van der Waals surface area contributed by atoms with Crippen molar-refractivity contribution < 1.29 is 9.59 Å². The second kappa shape index (κ2) is 8.50. The summed E-state index contributed by atoms with van der Waals surface area (Å²) in [6.45, 7) is 2.11. The van der Waals surface area contributed by atoms with E-state index in [1.807, 2.05) is 12.1 Å². The van der Waals surface area contributed by atoms with Crippen LogP contribution >= 0.6 is 12.4 Å². The van der Waals surface area contributed by atoms with Crippen LogP contribution in [0.4, 0.5) is 11.4 Å². The van der Waals surface area contributed by atoms with Crippen LogP contribution in [-0.4, -0.2) is 32.5 Å². The monoisotopic (exact) mass is 285 g/mol. The van der Waals surface area contributed by atoms with Crippen molar-refractivity contribution in [1.29, 1.82) is 0 Å². The number of benzene rings is 1. The minimum Gasteiger partial charge on any atom is -0.324 e. The first-order valence-electron chi connectivity index (χ1n) is 5.84. The third-order valence-corrected chi connectivity index (χ3v) is 2.61. The molecule has 0 spiro atoms. The van der Waals surface area contributed by atoms with Gasteiger partial charge in [0.25, 0.3) is 0 Å². The molecule has 1 aromatic carbocycles. The zero-order valence-electron chi connectivity index (χ0n) is 11.4. The Hall–Kier alpha value is -1.59. The summed E-state index contributed by atoms with van der Waals surface area (Å²) in [4.78, 5) is 24.5. The van der Waals surface area contributed by atoms with Gasteiger partial charge >= 0.3 is 0 Å². The molecule has 0 aliphatic heterocycles. The van der Waals surface area contributed by atoms with Gasteiger partial charge in [0.2, 0.25) is 11.8 Å². The smallest absolute Gasteiger partial charge is 0.225 e. The van der Waals surface area contributed by atoms with Crippen LogP contribution < -0.4 is 15.5 Å². The molecule has 0 heterocycles. The molecule has 0 aliphatic rings. The van der Waals surface area contributed by atoms with Crippen LogP contribution in [0.2, 0.25) is 0 Å². The number of amides is 2. The highest BCUT2D eigenvalue weighted by molar-refractivity contribution is 5.99. The molecule has 0 unspecified atom stereocenters. The van der Waals surface area contributed by atoms with Gasteiger partial charge in [-0.05, 0) is 19.2 Å². The molecule has 5 nitrogen and oxygen atoms in total. The summed E-state index contributed by atoms with van der Waals surface area (Å²) in [5.41, 5.74) is 1.35. The van der Waals surface area contributed by atoms with E-state index in [2.05, 4.69) is 10.6 Å². The predicted octanol–water partition coefficient (Wildman–Crippen LogP) is 1.64. The van der Waals surface area contributed by atoms with Crippen molar-refractivity contribution in [2.75, 3.05) is 30.9 Å². The quantitative estimate of drug-likeness (QED) is 0.864. The van der Waals surface area contributed by atoms with Crippen LogP contribution in [0.1, 0.15) is 13.3 Å². The number of para-hydroxylation sites is 2. The summed E-state index contributed by atoms with van der Waals surface area (Å²) in [7, 11) is 3.48. The van der Waals surface area contributed by atoms with E-state index in [9.17, 15) is 9.59 Å². The summed E-state index contributed by atoms with van der Waals surface area (Å²) in [6, 6.07) is 7.24. The van der Waals surface area contributed by atoms with Crippen LogP contribution in [0.5, 0.6) is 0 Å². The number of nitrogens with one attached hydrogen (secondary N) is 2. The summed E-state index contributed by atoms with van der Waals surface area (Å²) < 4.78 is 0. The van der Waals surface area contributed by atoms with E-state index >= 15 is 0 Å². The second-order valence-electron chi connectivity index (χ2n) is 4.00. The normalized spacial score (nSPS) is 9.42. The Kier molecular flexibility index (Phi) is 7.79. The van der Waals surface area contributed by atoms with E-state index in [-0.39, 0.29) is 24.2 Å². The Labute approximate surface area is 119 Å². The topological polar surface area (TPSA) is 61.4 Å². The summed E-state index contributed by atoms with van der Waals surface area (Å²) in [5, 5.41) is 5.72. The van der Waals surface area contributed by atoms with Gasteiger partial charge in [-0.3, -0.25) is 9.59 Å². The lowest BCUT2D eigenvalue weighted by molar-refractivity contribution is -0.117. The van der Waals surface area contributed by atoms with Gasteiger partial charge in [0, 0.05) is 26.9 Å². The van der Waals surface area contributed by atoms with Crippen LogP contribution in [-0.2, 0) is 9.59 Å². The molecule has 0 saturated carbocycles. The maximum Gasteiger partial charge on any atom is 0.225 e. The number of hydrogen-bond acceptors (Lipinski definition) is 3. The zero-order chi connectivity index (χ0) is 13.5. The van der Waals surface area contributed by atoms with Crippen molar-refractivity contribution in [3.63, 3.8) is 0 Å². The third kappa shape index (κ3) is 5.28. The predicted molar refractivity (Wildman–Crippen MR) is 79.9 cm³/mol. The van der Waals surface area contributed by atoms with Gasteiger partial charge in [0.15, 0.2) is 0 Å². The molecule has 0 saturated heterocycles. The first kappa shape index (κ1) is 17.4. The molecule has 1 rings (SSSR count). The SMILES string of the molecule is CNCCC(=O)Nc1ccccc1N(C)C(C)=O.Cl. The first-order valence-corrected chi connectivity index (χ1v) is 5.84. The van der Waals surface area contributed by atoms with Crippen molar-refractivity contribution >= 4 is 35.6 Å². The molecular formula is C13H20ClN3O2. The van der Waals surface area contributed by atoms with Crippen molar-refractivity contribution in [2.24, 2.45) is 0 Å². The Bertz CT molecular complexity index is 438. The molecule has 2 amide bonds. The van der Waals surface area contributed by atoms with Gasteiger partial charge in [-0.25, -0.2) is 0 Å². The maximum atomic E-state index is 11.7. The third-order valence-electron chi connectivity index (χ3n) is 2.61. The molecule has 0 bridgehead atoms. The molecule has 0 aromatic heterocycles. The molecular weight excluding hydrogens is 266 g/mol. The van der Waals surface area contributed by atoms with Crippen LogP contribution in [0.15, 0.2) is 24.3 Å². The van der Waals surface area contributed by atoms with E-state index in [4.69, 9.17) is 0 Å². The Morgan fingerprint density at radius 1 is 1.26 bits per heavy atom. The Morgan fingerprint density at radius 3 is 2.47 bits per heavy atom. The number of halogens is 1. The first-order chi connectivity index (χ1) is 8.56. The van der Waals surface area contributed by atoms with E-state index in [1.54, 1.807) is 26.2 Å². The average molecular weight is 286 g/mol. The van der Waals surface area contributed by atoms with Crippen LogP contribution in [0.3, 0.4) is 0 Å². The summed E-state index contributed by atoms with van der Waals surface area (Å²) in [5.74, 6) is -0.152. The van der Waals surface area contributed by atoms with E-state index < -0.39 is 0 Å². The Morgan fingerprint density at radius 2 is 1.89 bits per heavy atom. The lowest BCUT2D eigenvalue weighted by atomic mass is 10.2. The van der Waals surface area contributed by atoms with Crippen molar-refractivity contribution in [1.82, 2.24) is 5.32 Å². The highest BCUT2D eigenvalue weighted by Gasteiger charge is 2.11. The highest BCUT2D eigenvalue weighted by atomic mass is 35.5. The molecule has 0 aliphatic carbocycles. The van der Waals surface area contributed by atoms with Gasteiger partial charge in [0.05, 0.1) is 11.4 Å². The number of carbonyl (C=O) groups is 2. The van der Waals surface area contributed by atoms with Gasteiger partial charge in [0.1, 0.15) is 0 Å².